The Hall–Kier alpha value is -0.0800. The molecule has 1 aliphatic heterocycles. The fourth-order valence-corrected chi connectivity index (χ4v) is 1.25. The Labute approximate surface area is 76.7 Å². The molecule has 1 heterocycles. The van der Waals surface area contributed by atoms with Gasteiger partial charge in [-0.3, -0.25) is 0 Å². The molecule has 0 aromatic carbocycles. The molecule has 0 aromatic rings. The molecule has 1 rings (SSSR count). The third kappa shape index (κ3) is 5.56. The zero-order valence-electron chi connectivity index (χ0n) is 8.73. The first-order valence-corrected chi connectivity index (χ1v) is 5.26. The van der Waals surface area contributed by atoms with Crippen LogP contribution in [0, 0.1) is 0 Å². The van der Waals surface area contributed by atoms with Crippen molar-refractivity contribution in [2.45, 2.75) is 46.1 Å². The molecule has 12 heavy (non-hydrogen) atoms. The van der Waals surface area contributed by atoms with Crippen molar-refractivity contribution < 1.29 is 4.74 Å². The lowest BCUT2D eigenvalue weighted by Crippen LogP contribution is -2.26. The van der Waals surface area contributed by atoms with Gasteiger partial charge < -0.3 is 10.1 Å². The second-order valence-corrected chi connectivity index (χ2v) is 2.84. The van der Waals surface area contributed by atoms with Crippen LogP contribution in [-0.4, -0.2) is 25.8 Å². The summed E-state index contributed by atoms with van der Waals surface area (Å²) in [5.41, 5.74) is 0. The van der Waals surface area contributed by atoms with E-state index in [1.54, 1.807) is 0 Å². The van der Waals surface area contributed by atoms with Crippen LogP contribution in [-0.2, 0) is 4.74 Å². The quantitative estimate of drug-likeness (QED) is 0.658. The summed E-state index contributed by atoms with van der Waals surface area (Å²) >= 11 is 0. The summed E-state index contributed by atoms with van der Waals surface area (Å²) in [5, 5.41) is 3.35. The maximum Gasteiger partial charge on any atom is 0.0700 e. The third-order valence-corrected chi connectivity index (χ3v) is 1.82. The van der Waals surface area contributed by atoms with Crippen LogP contribution in [0.2, 0.25) is 0 Å². The molecule has 74 valence electrons. The summed E-state index contributed by atoms with van der Waals surface area (Å²) in [5.74, 6) is 0. The second kappa shape index (κ2) is 9.01. The van der Waals surface area contributed by atoms with E-state index in [2.05, 4.69) is 12.2 Å². The van der Waals surface area contributed by atoms with Crippen molar-refractivity contribution in [3.05, 3.63) is 0 Å². The van der Waals surface area contributed by atoms with Crippen LogP contribution in [0.15, 0.2) is 0 Å². The molecular formula is C10H23NO. The van der Waals surface area contributed by atoms with Crippen LogP contribution in [0.5, 0.6) is 0 Å². The molecule has 1 fully saturated rings. The van der Waals surface area contributed by atoms with Gasteiger partial charge in [0.05, 0.1) is 6.10 Å². The first-order valence-electron chi connectivity index (χ1n) is 5.26. The molecule has 1 aliphatic rings. The van der Waals surface area contributed by atoms with Crippen LogP contribution >= 0.6 is 0 Å². The molecule has 1 atom stereocenters. The Kier molecular flexibility index (Phi) is 8.95. The molecule has 1 saturated heterocycles. The number of ether oxygens (including phenoxy) is 1. The number of nitrogens with one attached hydrogen (secondary N) is 1. The van der Waals surface area contributed by atoms with E-state index in [-0.39, 0.29) is 0 Å². The van der Waals surface area contributed by atoms with Gasteiger partial charge in [-0.2, -0.15) is 0 Å². The Morgan fingerprint density at radius 1 is 1.42 bits per heavy atom. The lowest BCUT2D eigenvalue weighted by atomic mass is 10.2. The summed E-state index contributed by atoms with van der Waals surface area (Å²) in [6, 6.07) is 0. The third-order valence-electron chi connectivity index (χ3n) is 1.82. The van der Waals surface area contributed by atoms with Crippen LogP contribution in [0.1, 0.15) is 40.0 Å². The Bertz CT molecular complexity index is 79.9. The Balaban J connectivity index is 0.000000561. The average Bonchev–Trinajstić information content (AvgIpc) is 2.61. The van der Waals surface area contributed by atoms with Gasteiger partial charge in [0.25, 0.3) is 0 Å². The molecule has 2 heteroatoms. The highest BCUT2D eigenvalue weighted by atomic mass is 16.5. The standard InChI is InChI=1S/C8H17NO.C2H6/c1-2-5-9-7-8-4-3-6-10-8;1-2/h8-9H,2-7H2,1H3;1-2H3. The van der Waals surface area contributed by atoms with E-state index in [1.165, 1.54) is 19.3 Å². The lowest BCUT2D eigenvalue weighted by Gasteiger charge is -2.08. The van der Waals surface area contributed by atoms with Gasteiger partial charge in [-0.25, -0.2) is 0 Å². The summed E-state index contributed by atoms with van der Waals surface area (Å²) in [6.07, 6.45) is 4.22. The first kappa shape index (κ1) is 11.9. The molecule has 1 N–H and O–H groups in total. The highest BCUT2D eigenvalue weighted by Gasteiger charge is 2.13. The molecule has 0 saturated carbocycles. The maximum absolute atomic E-state index is 5.44. The summed E-state index contributed by atoms with van der Waals surface area (Å²) < 4.78 is 5.44. The average molecular weight is 173 g/mol. The highest BCUT2D eigenvalue weighted by molar-refractivity contribution is 4.66. The number of hydrogen-bond acceptors (Lipinski definition) is 2. The fourth-order valence-electron chi connectivity index (χ4n) is 1.25. The van der Waals surface area contributed by atoms with Crippen LogP contribution in [0.4, 0.5) is 0 Å². The van der Waals surface area contributed by atoms with E-state index in [9.17, 15) is 0 Å². The zero-order valence-corrected chi connectivity index (χ0v) is 8.73. The predicted molar refractivity (Wildman–Crippen MR) is 53.5 cm³/mol. The normalized spacial score (nSPS) is 21.8. The van der Waals surface area contributed by atoms with Crippen LogP contribution in [0.25, 0.3) is 0 Å². The largest absolute Gasteiger partial charge is 0.377 e. The minimum absolute atomic E-state index is 0.506. The molecule has 0 aliphatic carbocycles. The van der Waals surface area contributed by atoms with Gasteiger partial charge in [-0.05, 0) is 25.8 Å². The van der Waals surface area contributed by atoms with Gasteiger partial charge in [-0.15, -0.1) is 0 Å². The molecule has 0 aromatic heterocycles. The Morgan fingerprint density at radius 2 is 2.17 bits per heavy atom. The smallest absolute Gasteiger partial charge is 0.0700 e. The zero-order chi connectivity index (χ0) is 9.23. The van der Waals surface area contributed by atoms with E-state index < -0.39 is 0 Å². The van der Waals surface area contributed by atoms with Crippen molar-refractivity contribution in [3.63, 3.8) is 0 Å². The topological polar surface area (TPSA) is 21.3 Å². The molecule has 2 nitrogen and oxygen atoms in total. The summed E-state index contributed by atoms with van der Waals surface area (Å²) in [6.45, 7) is 9.33. The van der Waals surface area contributed by atoms with Crippen molar-refractivity contribution in [1.29, 1.82) is 0 Å². The lowest BCUT2D eigenvalue weighted by molar-refractivity contribution is 0.110. The van der Waals surface area contributed by atoms with E-state index in [4.69, 9.17) is 4.74 Å². The Morgan fingerprint density at radius 3 is 2.67 bits per heavy atom. The SMILES string of the molecule is CC.CCCNCC1CCCO1. The molecule has 0 radical (unpaired) electrons. The maximum atomic E-state index is 5.44. The second-order valence-electron chi connectivity index (χ2n) is 2.84. The van der Waals surface area contributed by atoms with E-state index in [0.717, 1.165) is 19.7 Å². The van der Waals surface area contributed by atoms with Crippen molar-refractivity contribution in [2.75, 3.05) is 19.7 Å². The number of hydrogen-bond donors (Lipinski definition) is 1. The minimum atomic E-state index is 0.506. The van der Waals surface area contributed by atoms with E-state index >= 15 is 0 Å². The molecule has 0 spiro atoms. The molecule has 0 bridgehead atoms. The van der Waals surface area contributed by atoms with Gasteiger partial charge in [0.15, 0.2) is 0 Å². The summed E-state index contributed by atoms with van der Waals surface area (Å²) in [7, 11) is 0. The van der Waals surface area contributed by atoms with Crippen molar-refractivity contribution in [2.24, 2.45) is 0 Å². The van der Waals surface area contributed by atoms with E-state index in [1.807, 2.05) is 13.8 Å². The van der Waals surface area contributed by atoms with Gasteiger partial charge in [0.2, 0.25) is 0 Å². The molecular weight excluding hydrogens is 150 g/mol. The first-order chi connectivity index (χ1) is 5.93. The fraction of sp³-hybridized carbons (Fsp3) is 1.00. The van der Waals surface area contributed by atoms with Gasteiger partial charge in [0.1, 0.15) is 0 Å². The number of rotatable bonds is 4. The monoisotopic (exact) mass is 173 g/mol. The predicted octanol–water partition coefficient (Wildman–Crippen LogP) is 2.19. The minimum Gasteiger partial charge on any atom is -0.377 e. The summed E-state index contributed by atoms with van der Waals surface area (Å²) in [4.78, 5) is 0. The van der Waals surface area contributed by atoms with Crippen LogP contribution in [0.3, 0.4) is 0 Å². The van der Waals surface area contributed by atoms with Crippen molar-refractivity contribution in [1.82, 2.24) is 5.32 Å². The van der Waals surface area contributed by atoms with Gasteiger partial charge >= 0.3 is 0 Å². The van der Waals surface area contributed by atoms with E-state index in [0.29, 0.717) is 6.10 Å². The molecule has 1 unspecified atom stereocenters. The highest BCUT2D eigenvalue weighted by Crippen LogP contribution is 2.10. The van der Waals surface area contributed by atoms with Gasteiger partial charge in [-0.1, -0.05) is 20.8 Å². The van der Waals surface area contributed by atoms with Crippen LogP contribution < -0.4 is 5.32 Å². The van der Waals surface area contributed by atoms with Gasteiger partial charge in [0, 0.05) is 13.2 Å². The van der Waals surface area contributed by atoms with Crippen molar-refractivity contribution >= 4 is 0 Å². The van der Waals surface area contributed by atoms with Crippen molar-refractivity contribution in [3.8, 4) is 0 Å². The molecule has 0 amide bonds.